The van der Waals surface area contributed by atoms with E-state index in [-0.39, 0.29) is 17.5 Å². The molecule has 43 heavy (non-hydrogen) atoms. The number of nitrogens with two attached hydrogens (primary N) is 1. The van der Waals surface area contributed by atoms with Crippen molar-refractivity contribution in [3.63, 3.8) is 0 Å². The number of nitro groups is 1. The van der Waals surface area contributed by atoms with Crippen molar-refractivity contribution >= 4 is 17.5 Å². The Bertz CT molecular complexity index is 1560. The first-order valence-electron chi connectivity index (χ1n) is 14.4. The number of ether oxygens (including phenoxy) is 1. The number of benzene rings is 4. The topological polar surface area (TPSA) is 128 Å². The minimum atomic E-state index is -0.703. The number of hydrogen-bond donors (Lipinski definition) is 2. The van der Waals surface area contributed by atoms with Crippen molar-refractivity contribution in [1.29, 1.82) is 0 Å². The number of rotatable bonds is 12. The number of hydrogen-bond acceptors (Lipinski definition) is 6. The van der Waals surface area contributed by atoms with Gasteiger partial charge in [0.05, 0.1) is 11.0 Å². The van der Waals surface area contributed by atoms with Crippen molar-refractivity contribution < 1.29 is 19.2 Å². The van der Waals surface area contributed by atoms with E-state index in [1.165, 1.54) is 12.1 Å². The highest BCUT2D eigenvalue weighted by Gasteiger charge is 2.40. The van der Waals surface area contributed by atoms with Crippen LogP contribution >= 0.6 is 0 Å². The fourth-order valence-electron chi connectivity index (χ4n) is 5.28. The van der Waals surface area contributed by atoms with Gasteiger partial charge in [-0.05, 0) is 66.3 Å². The molecule has 1 aliphatic rings. The third-order valence-corrected chi connectivity index (χ3v) is 7.55. The molecule has 1 saturated heterocycles. The zero-order valence-electron chi connectivity index (χ0n) is 23.7. The van der Waals surface area contributed by atoms with E-state index >= 15 is 0 Å². The van der Waals surface area contributed by atoms with Crippen molar-refractivity contribution in [2.24, 2.45) is 5.73 Å². The van der Waals surface area contributed by atoms with Gasteiger partial charge in [-0.2, -0.15) is 0 Å². The summed E-state index contributed by atoms with van der Waals surface area (Å²) in [5.41, 5.74) is 9.63. The molecule has 2 unspecified atom stereocenters. The van der Waals surface area contributed by atoms with Gasteiger partial charge in [-0.1, -0.05) is 72.8 Å². The molecule has 2 atom stereocenters. The minimum Gasteiger partial charge on any atom is -0.457 e. The zero-order chi connectivity index (χ0) is 30.2. The summed E-state index contributed by atoms with van der Waals surface area (Å²) >= 11 is 0. The molecule has 1 heterocycles. The van der Waals surface area contributed by atoms with E-state index in [1.807, 2.05) is 54.6 Å². The summed E-state index contributed by atoms with van der Waals surface area (Å²) in [6, 6.07) is 30.0. The van der Waals surface area contributed by atoms with Gasteiger partial charge >= 0.3 is 0 Å². The van der Waals surface area contributed by atoms with Crippen LogP contribution in [0.2, 0.25) is 0 Å². The maximum atomic E-state index is 13.8. The number of nitrogens with zero attached hydrogens (tertiary/aromatic N) is 2. The van der Waals surface area contributed by atoms with Gasteiger partial charge in [-0.15, -0.1) is 0 Å². The van der Waals surface area contributed by atoms with Crippen LogP contribution in [0.25, 0.3) is 11.1 Å². The van der Waals surface area contributed by atoms with Gasteiger partial charge in [0.2, 0.25) is 11.8 Å². The molecule has 4 aromatic carbocycles. The number of nitrogens with one attached hydrogen (secondary N) is 1. The summed E-state index contributed by atoms with van der Waals surface area (Å²) in [7, 11) is 0. The molecule has 1 aliphatic heterocycles. The van der Waals surface area contributed by atoms with Crippen LogP contribution in [0.4, 0.5) is 5.69 Å². The van der Waals surface area contributed by atoms with Crippen molar-refractivity contribution in [3.8, 4) is 22.6 Å². The van der Waals surface area contributed by atoms with E-state index < -0.39 is 17.0 Å². The molecule has 0 radical (unpaired) electrons. The second kappa shape index (κ2) is 13.8. The standard InChI is InChI=1S/C34H34N4O5/c35-20-5-4-11-32-33(39)36-31(21-24-14-18-29(19-15-24)43-30-10-6-9-28(22-30)38(41)42)34(40)37(32)23-25-12-16-27(17-13-25)26-7-2-1-3-8-26/h1-3,6-10,12-19,22,31-32H,4-5,11,20-21,23,35H2,(H,36,39). The van der Waals surface area contributed by atoms with Gasteiger partial charge in [-0.3, -0.25) is 19.7 Å². The number of nitro benzene ring substituents is 1. The molecular formula is C34H34N4O5. The van der Waals surface area contributed by atoms with Gasteiger partial charge in [-0.25, -0.2) is 0 Å². The summed E-state index contributed by atoms with van der Waals surface area (Å²) in [5, 5.41) is 14.0. The number of amides is 2. The second-order valence-corrected chi connectivity index (χ2v) is 10.6. The Labute approximate surface area is 250 Å². The molecule has 5 rings (SSSR count). The van der Waals surface area contributed by atoms with E-state index in [2.05, 4.69) is 17.4 Å². The Balaban J connectivity index is 1.29. The maximum Gasteiger partial charge on any atom is 0.273 e. The molecule has 2 amide bonds. The highest BCUT2D eigenvalue weighted by atomic mass is 16.6. The van der Waals surface area contributed by atoms with Crippen LogP contribution in [0.5, 0.6) is 11.5 Å². The van der Waals surface area contributed by atoms with Crippen LogP contribution in [0, 0.1) is 10.1 Å². The molecule has 0 aromatic heterocycles. The molecule has 0 saturated carbocycles. The lowest BCUT2D eigenvalue weighted by Gasteiger charge is -2.39. The van der Waals surface area contributed by atoms with E-state index in [9.17, 15) is 19.7 Å². The van der Waals surface area contributed by atoms with E-state index in [0.717, 1.165) is 35.1 Å². The van der Waals surface area contributed by atoms with Crippen molar-refractivity contribution in [1.82, 2.24) is 10.2 Å². The largest absolute Gasteiger partial charge is 0.457 e. The minimum absolute atomic E-state index is 0.0568. The molecular weight excluding hydrogens is 544 g/mol. The lowest BCUT2D eigenvalue weighted by molar-refractivity contribution is -0.384. The summed E-state index contributed by atoms with van der Waals surface area (Å²) < 4.78 is 5.77. The Morgan fingerprint density at radius 3 is 2.21 bits per heavy atom. The number of unbranched alkanes of at least 4 members (excludes halogenated alkanes) is 1. The number of piperazine rings is 1. The lowest BCUT2D eigenvalue weighted by Crippen LogP contribution is -2.63. The SMILES string of the molecule is NCCCCC1C(=O)NC(Cc2ccc(Oc3cccc([N+](=O)[O-])c3)cc2)C(=O)N1Cc1ccc(-c2ccccc2)cc1. The second-order valence-electron chi connectivity index (χ2n) is 10.6. The quantitative estimate of drug-likeness (QED) is 0.128. The average Bonchev–Trinajstić information content (AvgIpc) is 3.03. The summed E-state index contributed by atoms with van der Waals surface area (Å²) in [6.45, 7) is 0.869. The van der Waals surface area contributed by atoms with E-state index in [1.54, 1.807) is 29.2 Å². The van der Waals surface area contributed by atoms with E-state index in [0.29, 0.717) is 37.4 Å². The van der Waals surface area contributed by atoms with Crippen LogP contribution < -0.4 is 15.8 Å². The molecule has 1 fully saturated rings. The highest BCUT2D eigenvalue weighted by molar-refractivity contribution is 5.97. The fraction of sp³-hybridized carbons (Fsp3) is 0.235. The smallest absolute Gasteiger partial charge is 0.273 e. The van der Waals surface area contributed by atoms with Gasteiger partial charge in [0.25, 0.3) is 5.69 Å². The Hall–Kier alpha value is -5.02. The van der Waals surface area contributed by atoms with Gasteiger partial charge < -0.3 is 20.7 Å². The zero-order valence-corrected chi connectivity index (χ0v) is 23.7. The third kappa shape index (κ3) is 7.44. The summed E-state index contributed by atoms with van der Waals surface area (Å²) in [6.07, 6.45) is 2.40. The van der Waals surface area contributed by atoms with Crippen LogP contribution in [0.15, 0.2) is 103 Å². The first kappa shape index (κ1) is 29.5. The predicted octanol–water partition coefficient (Wildman–Crippen LogP) is 5.62. The van der Waals surface area contributed by atoms with E-state index in [4.69, 9.17) is 10.5 Å². The van der Waals surface area contributed by atoms with Crippen LogP contribution in [0.1, 0.15) is 30.4 Å². The Morgan fingerprint density at radius 1 is 0.814 bits per heavy atom. The predicted molar refractivity (Wildman–Crippen MR) is 164 cm³/mol. The third-order valence-electron chi connectivity index (χ3n) is 7.55. The Morgan fingerprint density at radius 2 is 1.51 bits per heavy atom. The molecule has 0 bridgehead atoms. The highest BCUT2D eigenvalue weighted by Crippen LogP contribution is 2.27. The maximum absolute atomic E-state index is 13.8. The van der Waals surface area contributed by atoms with Crippen molar-refractivity contribution in [2.75, 3.05) is 6.54 Å². The molecule has 0 spiro atoms. The van der Waals surface area contributed by atoms with Gasteiger partial charge in [0, 0.05) is 19.0 Å². The monoisotopic (exact) mass is 578 g/mol. The molecule has 3 N–H and O–H groups in total. The van der Waals surface area contributed by atoms with Gasteiger partial charge in [0.1, 0.15) is 23.6 Å². The first-order chi connectivity index (χ1) is 20.9. The summed E-state index contributed by atoms with van der Waals surface area (Å²) in [5.74, 6) is 0.572. The molecule has 9 nitrogen and oxygen atoms in total. The first-order valence-corrected chi connectivity index (χ1v) is 14.4. The van der Waals surface area contributed by atoms with Crippen LogP contribution in [0.3, 0.4) is 0 Å². The van der Waals surface area contributed by atoms with Crippen molar-refractivity contribution in [2.45, 2.75) is 44.3 Å². The normalized spacial score (nSPS) is 16.5. The fourth-order valence-corrected chi connectivity index (χ4v) is 5.28. The molecule has 220 valence electrons. The lowest BCUT2D eigenvalue weighted by atomic mass is 9.96. The Kier molecular flexibility index (Phi) is 9.43. The van der Waals surface area contributed by atoms with Crippen molar-refractivity contribution in [3.05, 3.63) is 124 Å². The average molecular weight is 579 g/mol. The number of carbonyl (C=O) groups excluding carboxylic acids is 2. The van der Waals surface area contributed by atoms with Crippen LogP contribution in [-0.2, 0) is 22.6 Å². The molecule has 0 aliphatic carbocycles. The summed E-state index contributed by atoms with van der Waals surface area (Å²) in [4.78, 5) is 39.4. The van der Waals surface area contributed by atoms with Crippen LogP contribution in [-0.4, -0.2) is 40.3 Å². The molecule has 9 heteroatoms. The molecule has 4 aromatic rings. The van der Waals surface area contributed by atoms with Gasteiger partial charge in [0.15, 0.2) is 0 Å². The number of carbonyl (C=O) groups is 2. The number of non-ortho nitro benzene ring substituents is 1.